The largest absolute Gasteiger partial charge is 0.497 e. The van der Waals surface area contributed by atoms with Gasteiger partial charge in [0.05, 0.1) is 13.2 Å². The first-order chi connectivity index (χ1) is 13.2. The molecule has 1 saturated carbocycles. The van der Waals surface area contributed by atoms with Gasteiger partial charge < -0.3 is 14.8 Å². The van der Waals surface area contributed by atoms with Crippen LogP contribution < -0.4 is 14.8 Å². The molecule has 0 bridgehead atoms. The SMILES string of the molecule is COc1ccc(CNc2c(C)c(C)nc3ncnn23)c(OC2CCCC2)c1. The number of hydrogen-bond acceptors (Lipinski definition) is 6. The molecule has 142 valence electrons. The predicted octanol–water partition coefficient (Wildman–Crippen LogP) is 3.68. The van der Waals surface area contributed by atoms with Gasteiger partial charge in [0.2, 0.25) is 0 Å². The van der Waals surface area contributed by atoms with Crippen molar-refractivity contribution in [1.82, 2.24) is 19.6 Å². The van der Waals surface area contributed by atoms with Crippen LogP contribution in [0.4, 0.5) is 5.82 Å². The van der Waals surface area contributed by atoms with E-state index >= 15 is 0 Å². The Hall–Kier alpha value is -2.83. The van der Waals surface area contributed by atoms with E-state index in [1.54, 1.807) is 11.6 Å². The molecule has 0 atom stereocenters. The first kappa shape index (κ1) is 17.6. The summed E-state index contributed by atoms with van der Waals surface area (Å²) in [6.07, 6.45) is 6.53. The van der Waals surface area contributed by atoms with Crippen LogP contribution >= 0.6 is 0 Å². The number of hydrogen-bond donors (Lipinski definition) is 1. The molecule has 1 aliphatic rings. The van der Waals surface area contributed by atoms with Gasteiger partial charge in [0, 0.05) is 29.4 Å². The van der Waals surface area contributed by atoms with E-state index in [-0.39, 0.29) is 0 Å². The zero-order chi connectivity index (χ0) is 18.8. The Morgan fingerprint density at radius 2 is 2.04 bits per heavy atom. The van der Waals surface area contributed by atoms with Gasteiger partial charge in [-0.25, -0.2) is 4.98 Å². The molecule has 0 saturated heterocycles. The minimum absolute atomic E-state index is 0.294. The lowest BCUT2D eigenvalue weighted by Crippen LogP contribution is -2.14. The van der Waals surface area contributed by atoms with Crippen molar-refractivity contribution in [2.75, 3.05) is 12.4 Å². The second-order valence-corrected chi connectivity index (χ2v) is 6.99. The average molecular weight is 367 g/mol. The van der Waals surface area contributed by atoms with Crippen molar-refractivity contribution in [2.45, 2.75) is 52.2 Å². The predicted molar refractivity (Wildman–Crippen MR) is 103 cm³/mol. The molecule has 2 aromatic heterocycles. The number of fused-ring (bicyclic) bond motifs is 1. The summed E-state index contributed by atoms with van der Waals surface area (Å²) in [5.41, 5.74) is 3.08. The van der Waals surface area contributed by atoms with Crippen LogP contribution in [0.25, 0.3) is 5.78 Å². The standard InChI is InChI=1S/C20H25N5O2/c1-13-14(2)24-20-22-12-23-25(20)19(13)21-11-15-8-9-17(26-3)10-18(15)27-16-6-4-5-7-16/h8-10,12,16,21H,4-7,11H2,1-3H3. The van der Waals surface area contributed by atoms with Crippen LogP contribution in [-0.2, 0) is 6.54 Å². The maximum Gasteiger partial charge on any atom is 0.254 e. The summed E-state index contributed by atoms with van der Waals surface area (Å²) in [5, 5.41) is 7.80. The Morgan fingerprint density at radius 1 is 1.22 bits per heavy atom. The molecule has 1 aromatic carbocycles. The lowest BCUT2D eigenvalue weighted by atomic mass is 10.1. The van der Waals surface area contributed by atoms with E-state index in [9.17, 15) is 0 Å². The topological polar surface area (TPSA) is 73.6 Å². The molecule has 0 radical (unpaired) electrons. The van der Waals surface area contributed by atoms with Gasteiger partial charge in [-0.2, -0.15) is 14.6 Å². The van der Waals surface area contributed by atoms with Crippen LogP contribution in [0, 0.1) is 13.8 Å². The first-order valence-corrected chi connectivity index (χ1v) is 9.40. The Morgan fingerprint density at radius 3 is 2.81 bits per heavy atom. The van der Waals surface area contributed by atoms with Gasteiger partial charge >= 0.3 is 0 Å². The number of rotatable bonds is 6. The molecular weight excluding hydrogens is 342 g/mol. The maximum absolute atomic E-state index is 6.30. The Balaban J connectivity index is 1.61. The van der Waals surface area contributed by atoms with Crippen LogP contribution in [0.5, 0.6) is 11.5 Å². The third-order valence-corrected chi connectivity index (χ3v) is 5.22. The van der Waals surface area contributed by atoms with Gasteiger partial charge in [0.15, 0.2) is 0 Å². The molecule has 0 spiro atoms. The van der Waals surface area contributed by atoms with E-state index in [0.29, 0.717) is 18.4 Å². The Kier molecular flexibility index (Phi) is 4.83. The minimum atomic E-state index is 0.294. The molecule has 0 amide bonds. The van der Waals surface area contributed by atoms with Crippen molar-refractivity contribution < 1.29 is 9.47 Å². The van der Waals surface area contributed by atoms with Gasteiger partial charge in [-0.1, -0.05) is 0 Å². The lowest BCUT2D eigenvalue weighted by molar-refractivity contribution is 0.207. The molecule has 7 heteroatoms. The van der Waals surface area contributed by atoms with Crippen molar-refractivity contribution in [2.24, 2.45) is 0 Å². The fourth-order valence-electron chi connectivity index (χ4n) is 3.52. The highest BCUT2D eigenvalue weighted by atomic mass is 16.5. The van der Waals surface area contributed by atoms with Crippen LogP contribution in [0.15, 0.2) is 24.5 Å². The smallest absolute Gasteiger partial charge is 0.254 e. The molecular formula is C20H25N5O2. The van der Waals surface area contributed by atoms with Gasteiger partial charge in [0.25, 0.3) is 5.78 Å². The van der Waals surface area contributed by atoms with Crippen LogP contribution in [0.3, 0.4) is 0 Å². The molecule has 0 aliphatic heterocycles. The highest BCUT2D eigenvalue weighted by Crippen LogP contribution is 2.31. The summed E-state index contributed by atoms with van der Waals surface area (Å²) in [6.45, 7) is 4.64. The summed E-state index contributed by atoms with van der Waals surface area (Å²) in [5.74, 6) is 3.18. The fourth-order valence-corrected chi connectivity index (χ4v) is 3.52. The summed E-state index contributed by atoms with van der Waals surface area (Å²) in [4.78, 5) is 8.67. The summed E-state index contributed by atoms with van der Waals surface area (Å²) >= 11 is 0. The first-order valence-electron chi connectivity index (χ1n) is 9.40. The number of ether oxygens (including phenoxy) is 2. The summed E-state index contributed by atoms with van der Waals surface area (Å²) < 4.78 is 13.4. The number of benzene rings is 1. The van der Waals surface area contributed by atoms with Crippen molar-refractivity contribution in [3.63, 3.8) is 0 Å². The third kappa shape index (κ3) is 3.54. The van der Waals surface area contributed by atoms with E-state index < -0.39 is 0 Å². The monoisotopic (exact) mass is 367 g/mol. The van der Waals surface area contributed by atoms with Crippen molar-refractivity contribution >= 4 is 11.6 Å². The lowest BCUT2D eigenvalue weighted by Gasteiger charge is -2.19. The van der Waals surface area contributed by atoms with Gasteiger partial charge in [0.1, 0.15) is 23.6 Å². The molecule has 1 aliphatic carbocycles. The molecule has 1 fully saturated rings. The van der Waals surface area contributed by atoms with Crippen LogP contribution in [0.2, 0.25) is 0 Å². The second kappa shape index (κ2) is 7.42. The highest BCUT2D eigenvalue weighted by Gasteiger charge is 2.19. The Bertz CT molecular complexity index is 947. The van der Waals surface area contributed by atoms with Gasteiger partial charge in [-0.05, 0) is 51.7 Å². The molecule has 4 rings (SSSR count). The van der Waals surface area contributed by atoms with E-state index in [1.807, 2.05) is 26.0 Å². The quantitative estimate of drug-likeness (QED) is 0.716. The zero-order valence-corrected chi connectivity index (χ0v) is 16.0. The average Bonchev–Trinajstić information content (AvgIpc) is 3.34. The highest BCUT2D eigenvalue weighted by molar-refractivity contribution is 5.53. The molecule has 1 N–H and O–H groups in total. The molecule has 0 unspecified atom stereocenters. The molecule has 3 aromatic rings. The number of aromatic nitrogens is 4. The fraction of sp³-hybridized carbons (Fsp3) is 0.450. The van der Waals surface area contributed by atoms with E-state index in [2.05, 4.69) is 26.4 Å². The van der Waals surface area contributed by atoms with E-state index in [4.69, 9.17) is 9.47 Å². The van der Waals surface area contributed by atoms with Crippen LogP contribution in [0.1, 0.15) is 42.5 Å². The number of nitrogens with zero attached hydrogens (tertiary/aromatic N) is 4. The number of nitrogens with one attached hydrogen (secondary N) is 1. The normalized spacial score (nSPS) is 14.6. The summed E-state index contributed by atoms with van der Waals surface area (Å²) in [6, 6.07) is 6.00. The van der Waals surface area contributed by atoms with Crippen molar-refractivity contribution in [3.8, 4) is 11.5 Å². The second-order valence-electron chi connectivity index (χ2n) is 6.99. The molecule has 7 nitrogen and oxygen atoms in total. The number of aryl methyl sites for hydroxylation is 1. The number of methoxy groups -OCH3 is 1. The molecule has 27 heavy (non-hydrogen) atoms. The van der Waals surface area contributed by atoms with Crippen molar-refractivity contribution in [1.29, 1.82) is 0 Å². The van der Waals surface area contributed by atoms with E-state index in [0.717, 1.165) is 47.0 Å². The minimum Gasteiger partial charge on any atom is -0.497 e. The third-order valence-electron chi connectivity index (χ3n) is 5.22. The zero-order valence-electron chi connectivity index (χ0n) is 16.0. The van der Waals surface area contributed by atoms with Crippen LogP contribution in [-0.4, -0.2) is 32.8 Å². The van der Waals surface area contributed by atoms with E-state index in [1.165, 1.54) is 19.2 Å². The van der Waals surface area contributed by atoms with Gasteiger partial charge in [-0.3, -0.25) is 0 Å². The number of anilines is 1. The maximum atomic E-state index is 6.30. The van der Waals surface area contributed by atoms with Crippen molar-refractivity contribution in [3.05, 3.63) is 41.3 Å². The Labute approximate surface area is 158 Å². The summed E-state index contributed by atoms with van der Waals surface area (Å²) in [7, 11) is 1.68. The van der Waals surface area contributed by atoms with Gasteiger partial charge in [-0.15, -0.1) is 0 Å². The molecule has 2 heterocycles.